The molecule has 10 atom stereocenters. The Morgan fingerprint density at radius 3 is 1.90 bits per heavy atom. The number of hydrogen-bond acceptors (Lipinski definition) is 17. The van der Waals surface area contributed by atoms with Crippen molar-refractivity contribution in [2.75, 3.05) is 87.2 Å². The molecule has 0 bridgehead atoms. The molecule has 28 heteroatoms. The Labute approximate surface area is 677 Å². The van der Waals surface area contributed by atoms with E-state index in [2.05, 4.69) is 82.0 Å². The van der Waals surface area contributed by atoms with Gasteiger partial charge in [0.2, 0.25) is 41.4 Å². The predicted molar refractivity (Wildman–Crippen MR) is 434 cm³/mol. The number of benzene rings is 5. The first-order valence-electron chi connectivity index (χ1n) is 40.7. The molecule has 620 valence electrons. The lowest BCUT2D eigenvalue weighted by atomic mass is 9.49. The summed E-state index contributed by atoms with van der Waals surface area (Å²) < 4.78 is 27.9. The number of amides is 11. The van der Waals surface area contributed by atoms with Crippen LogP contribution in [-0.4, -0.2) is 165 Å². The van der Waals surface area contributed by atoms with Crippen LogP contribution in [0.3, 0.4) is 0 Å². The summed E-state index contributed by atoms with van der Waals surface area (Å²) in [7, 11) is 0. The van der Waals surface area contributed by atoms with Gasteiger partial charge in [0.1, 0.15) is 30.3 Å². The molecule has 2 saturated carbocycles. The number of nitrogen functional groups attached to an aromatic ring is 1. The van der Waals surface area contributed by atoms with Crippen LogP contribution < -0.4 is 53.6 Å². The summed E-state index contributed by atoms with van der Waals surface area (Å²) >= 11 is 0. The fourth-order valence-corrected chi connectivity index (χ4v) is 18.1. The zero-order valence-electron chi connectivity index (χ0n) is 67.1. The van der Waals surface area contributed by atoms with Gasteiger partial charge in [-0.3, -0.25) is 48.1 Å². The number of nitrogens with zero attached hydrogens (tertiary/aromatic N) is 2. The lowest BCUT2D eigenvalue weighted by Crippen LogP contribution is -2.56. The predicted octanol–water partition coefficient (Wildman–Crippen LogP) is 8.89. The number of hydrogen-bond donors (Lipinski definition) is 10. The Hall–Kier alpha value is -10.7. The largest absolute Gasteiger partial charge is 0.481 e. The minimum absolute atomic E-state index is 0.0193. The molecule has 5 aromatic carbocycles. The molecule has 5 aromatic rings. The molecule has 11 amide bonds. The van der Waals surface area contributed by atoms with Gasteiger partial charge in [0.05, 0.1) is 70.5 Å². The second-order valence-electron chi connectivity index (χ2n) is 32.1. The van der Waals surface area contributed by atoms with Gasteiger partial charge in [-0.05, 0) is 188 Å². The lowest BCUT2D eigenvalue weighted by Gasteiger charge is -2.55. The molecule has 1 spiro atoms. The van der Waals surface area contributed by atoms with Crippen molar-refractivity contribution in [2.24, 2.45) is 28.9 Å². The van der Waals surface area contributed by atoms with Crippen LogP contribution in [0.1, 0.15) is 182 Å². The van der Waals surface area contributed by atoms with E-state index in [1.165, 1.54) is 11.1 Å². The molecule has 116 heavy (non-hydrogen) atoms. The number of fused-ring (bicyclic) bond motifs is 9. The molecule has 6 aliphatic rings. The van der Waals surface area contributed by atoms with Crippen LogP contribution in [0.5, 0.6) is 0 Å². The van der Waals surface area contributed by atoms with Crippen LogP contribution in [0.4, 0.5) is 32.3 Å². The summed E-state index contributed by atoms with van der Waals surface area (Å²) in [5.41, 5.74) is 18.9. The minimum atomic E-state index is -1.33. The SMILES string of the molecule is CCC(C)[C@H](NC(=O)CCOCCOCCOCCOCCNC(=O)CCC(=O)N1Cc2ccccc2C#Cc2ccccc21)C(=O)NC(CCCNC(N)=O)C(=O)Nc1ccc(COC(=O)N[C@@H](CCC(=O)O)C(=O)Nc2ccc3c(c2)[C@@]2(C)CCC[C@](C)(C(=O)N4C(=O)[C@]45CCC[C@]4(C)c6cc(N)ccc6CCC54)C2CC3)cc1. The maximum atomic E-state index is 15.4. The number of nitrogens with one attached hydrogen (secondary N) is 7. The third-order valence-corrected chi connectivity index (χ3v) is 24.4. The highest BCUT2D eigenvalue weighted by Gasteiger charge is 2.76. The molecule has 3 fully saturated rings. The Bertz CT molecular complexity index is 4510. The molecule has 11 rings (SSSR count). The fraction of sp³-hybridized carbons (Fsp3) is 0.511. The van der Waals surface area contributed by atoms with Crippen molar-refractivity contribution in [1.82, 2.24) is 31.5 Å². The highest BCUT2D eigenvalue weighted by Crippen LogP contribution is 2.65. The van der Waals surface area contributed by atoms with E-state index >= 15 is 4.79 Å². The molecule has 1 saturated heterocycles. The topological polar surface area (TPSA) is 397 Å². The van der Waals surface area contributed by atoms with Gasteiger partial charge in [0.25, 0.3) is 5.91 Å². The molecule has 12 N–H and O–H groups in total. The van der Waals surface area contributed by atoms with E-state index in [0.717, 1.165) is 72.8 Å². The molecule has 4 unspecified atom stereocenters. The van der Waals surface area contributed by atoms with E-state index in [9.17, 15) is 53.1 Å². The van der Waals surface area contributed by atoms with E-state index in [1.54, 1.807) is 47.1 Å². The molecule has 2 heterocycles. The standard InChI is InChI=1S/C88H111N11O17/c1-6-56(2)77(97-74(101)37-44-112-46-48-114-50-51-115-49-47-113-45-43-91-73(100)34-35-75(102)98-54-62-16-8-7-14-58(62)21-22-61-15-9-10-18-70(61)98)80(107)95-68(17-11-42-92-83(90)110)78(105)93-64-28-19-57(20-29-64)55-116-84(111)96-69(31-36-76(103)104)79(106)94-65-30-24-60-25-32-71-85(3,67(60)53-65)38-12-40-87(71,5)81(108)99-82(109)88(99)41-13-39-86(4)66-52-63(89)27-23-59(66)26-33-72(86)88/h7-10,14-16,18-20,23-24,27-30,52-53,56,68-69,71-72,77H,6,11-13,17,25-26,31-51,54-55,89H2,1-5H3,(H,91,100)(H,93,105)(H,94,106)(H,95,107)(H,96,111)(H,97,101)(H,103,104)(H3,90,92,110)/t56?,68?,69-,71?,72?,77-,85+,86+,87-,88+,99?/m0/s1. The van der Waals surface area contributed by atoms with Crippen LogP contribution in [0, 0.1) is 35.0 Å². The number of aliphatic carboxylic acids is 1. The number of alkyl carbamates (subject to hydrolysis) is 1. The number of primary amides is 1. The van der Waals surface area contributed by atoms with Crippen molar-refractivity contribution >= 4 is 88.1 Å². The van der Waals surface area contributed by atoms with Crippen LogP contribution in [0.15, 0.2) is 109 Å². The number of anilines is 4. The van der Waals surface area contributed by atoms with E-state index in [1.807, 2.05) is 73.7 Å². The van der Waals surface area contributed by atoms with Crippen molar-refractivity contribution in [2.45, 2.75) is 198 Å². The van der Waals surface area contributed by atoms with Crippen LogP contribution in [-0.2, 0) is 104 Å². The molecular formula is C88H111N11O17. The first-order chi connectivity index (χ1) is 55.8. The quantitative estimate of drug-likeness (QED) is 0.00579. The monoisotopic (exact) mass is 1590 g/mol. The molecule has 28 nitrogen and oxygen atoms in total. The Kier molecular flexibility index (Phi) is 29.2. The van der Waals surface area contributed by atoms with Gasteiger partial charge in [-0.2, -0.15) is 0 Å². The van der Waals surface area contributed by atoms with Gasteiger partial charge in [-0.25, -0.2) is 9.59 Å². The van der Waals surface area contributed by atoms with Crippen LogP contribution >= 0.6 is 0 Å². The normalized spacial score (nSPS) is 21.6. The Balaban J connectivity index is 0.583. The number of nitrogens with two attached hydrogens (primary N) is 2. The van der Waals surface area contributed by atoms with Crippen LogP contribution in [0.2, 0.25) is 0 Å². The minimum Gasteiger partial charge on any atom is -0.481 e. The Morgan fingerprint density at radius 2 is 1.20 bits per heavy atom. The average Bonchev–Trinajstić information content (AvgIpc) is 1.50. The van der Waals surface area contributed by atoms with Crippen molar-refractivity contribution < 1.29 is 81.5 Å². The summed E-state index contributed by atoms with van der Waals surface area (Å²) in [5, 5.41) is 28.9. The third kappa shape index (κ3) is 20.7. The number of urea groups is 1. The van der Waals surface area contributed by atoms with Gasteiger partial charge in [0.15, 0.2) is 0 Å². The van der Waals surface area contributed by atoms with Crippen molar-refractivity contribution in [3.05, 3.63) is 154 Å². The van der Waals surface area contributed by atoms with Crippen molar-refractivity contribution in [3.8, 4) is 11.8 Å². The fourth-order valence-electron chi connectivity index (χ4n) is 18.1. The zero-order valence-corrected chi connectivity index (χ0v) is 67.1. The number of imide groups is 1. The number of carboxylic acid groups (broad SMARTS) is 1. The first kappa shape index (κ1) is 86.1. The second-order valence-corrected chi connectivity index (χ2v) is 32.1. The first-order valence-corrected chi connectivity index (χ1v) is 40.7. The number of aryl methyl sites for hydroxylation is 2. The summed E-state index contributed by atoms with van der Waals surface area (Å²) in [6.07, 6.45) is 6.71. The zero-order chi connectivity index (χ0) is 82.7. The van der Waals surface area contributed by atoms with E-state index in [0.29, 0.717) is 80.4 Å². The van der Waals surface area contributed by atoms with Gasteiger partial charge in [-0.1, -0.05) is 114 Å². The number of para-hydroxylation sites is 1. The third-order valence-electron chi connectivity index (χ3n) is 24.4. The summed E-state index contributed by atoms with van der Waals surface area (Å²) in [6, 6.07) is 29.0. The molecule has 4 aliphatic carbocycles. The highest BCUT2D eigenvalue weighted by atomic mass is 16.6. The smallest absolute Gasteiger partial charge is 0.408 e. The van der Waals surface area contributed by atoms with Gasteiger partial charge >= 0.3 is 18.1 Å². The summed E-state index contributed by atoms with van der Waals surface area (Å²) in [4.78, 5) is 152. The number of carbonyl (C=O) groups excluding carboxylic acids is 10. The molecule has 2 aliphatic heterocycles. The van der Waals surface area contributed by atoms with Crippen molar-refractivity contribution in [1.29, 1.82) is 0 Å². The van der Waals surface area contributed by atoms with E-state index in [-0.39, 0.29) is 138 Å². The number of ether oxygens (including phenoxy) is 5. The maximum Gasteiger partial charge on any atom is 0.408 e. The summed E-state index contributed by atoms with van der Waals surface area (Å²) in [5.74, 6) is 1.79. The number of carboxylic acids is 1. The van der Waals surface area contributed by atoms with Gasteiger partial charge < -0.3 is 82.4 Å². The molecular weight excluding hydrogens is 1480 g/mol. The van der Waals surface area contributed by atoms with Crippen molar-refractivity contribution in [3.63, 3.8) is 0 Å². The van der Waals surface area contributed by atoms with Gasteiger partial charge in [0, 0.05) is 72.9 Å². The van der Waals surface area contributed by atoms with E-state index < -0.39 is 82.6 Å². The second kappa shape index (κ2) is 39.3. The number of rotatable bonds is 38. The maximum absolute atomic E-state index is 15.4. The summed E-state index contributed by atoms with van der Waals surface area (Å²) in [6.45, 7) is 12.4. The van der Waals surface area contributed by atoms with Crippen LogP contribution in [0.25, 0.3) is 0 Å². The molecule has 0 radical (unpaired) electrons. The highest BCUT2D eigenvalue weighted by molar-refractivity contribution is 6.17. The number of carbonyl (C=O) groups is 11. The lowest BCUT2D eigenvalue weighted by molar-refractivity contribution is -0.148. The molecule has 0 aromatic heterocycles. The van der Waals surface area contributed by atoms with Gasteiger partial charge in [-0.15, -0.1) is 0 Å². The van der Waals surface area contributed by atoms with E-state index in [4.69, 9.17) is 35.2 Å². The average molecular weight is 1590 g/mol. The Morgan fingerprint density at radius 1 is 0.595 bits per heavy atom.